The third-order valence-electron chi connectivity index (χ3n) is 6.74. The summed E-state index contributed by atoms with van der Waals surface area (Å²) in [6.07, 6.45) is 7.31. The minimum absolute atomic E-state index is 0.0628. The van der Waals surface area contributed by atoms with Gasteiger partial charge in [0, 0.05) is 18.8 Å². The van der Waals surface area contributed by atoms with Crippen LogP contribution in [0.1, 0.15) is 23.6 Å². The Morgan fingerprint density at radius 1 is 1.00 bits per heavy atom. The third-order valence-corrected chi connectivity index (χ3v) is 6.74. The first-order chi connectivity index (χ1) is 17.2. The highest BCUT2D eigenvalue weighted by atomic mass is 16.1. The van der Waals surface area contributed by atoms with Crippen LogP contribution in [0.3, 0.4) is 0 Å². The number of benzene rings is 2. The minimum Gasteiger partial charge on any atom is -0.380 e. The maximum Gasteiger partial charge on any atom is 0.200 e. The van der Waals surface area contributed by atoms with E-state index in [1.54, 1.807) is 10.9 Å². The van der Waals surface area contributed by atoms with E-state index in [0.717, 1.165) is 24.1 Å². The number of fused-ring (bicyclic) bond motifs is 2. The summed E-state index contributed by atoms with van der Waals surface area (Å²) in [4.78, 5) is 18.4. The molecule has 3 heterocycles. The summed E-state index contributed by atoms with van der Waals surface area (Å²) < 4.78 is 3.80. The lowest BCUT2D eigenvalue weighted by molar-refractivity contribution is 0.654. The molecule has 6 rings (SSSR count). The van der Waals surface area contributed by atoms with E-state index in [0.29, 0.717) is 41.4 Å². The van der Waals surface area contributed by atoms with Crippen LogP contribution in [0.25, 0.3) is 22.3 Å². The number of aromatic nitrogens is 5. The molecule has 0 amide bonds. The second-order valence-corrected chi connectivity index (χ2v) is 9.03. The molecule has 174 valence electrons. The molecule has 7 heteroatoms. The van der Waals surface area contributed by atoms with Gasteiger partial charge in [0.1, 0.15) is 5.65 Å². The van der Waals surface area contributed by atoms with Crippen molar-refractivity contribution in [1.29, 1.82) is 0 Å². The molecule has 0 saturated carbocycles. The summed E-state index contributed by atoms with van der Waals surface area (Å²) in [5, 5.41) is 12.6. The Bertz CT molecular complexity index is 1550. The Morgan fingerprint density at radius 3 is 2.49 bits per heavy atom. The van der Waals surface area contributed by atoms with Gasteiger partial charge in [0.25, 0.3) is 0 Å². The van der Waals surface area contributed by atoms with Crippen molar-refractivity contribution in [2.45, 2.75) is 38.9 Å². The van der Waals surface area contributed by atoms with Gasteiger partial charge >= 0.3 is 0 Å². The number of anilines is 1. The quantitative estimate of drug-likeness (QED) is 0.407. The first-order valence-corrected chi connectivity index (χ1v) is 12.0. The lowest BCUT2D eigenvalue weighted by Gasteiger charge is -2.16. The molecule has 0 atom stereocenters. The van der Waals surface area contributed by atoms with Gasteiger partial charge in [-0.25, -0.2) is 9.67 Å². The summed E-state index contributed by atoms with van der Waals surface area (Å²) in [6.45, 7) is 3.29. The Labute approximate surface area is 203 Å². The molecule has 0 saturated heterocycles. The molecule has 7 nitrogen and oxygen atoms in total. The largest absolute Gasteiger partial charge is 0.380 e. The SMILES string of the molecule is CCn1cc(-c2cnnn2Cc2ccccc2)c(=O)c2cc(NC3Cc4ccccc4C3)cnc21. The van der Waals surface area contributed by atoms with Crippen LogP contribution >= 0.6 is 0 Å². The van der Waals surface area contributed by atoms with E-state index >= 15 is 0 Å². The molecule has 5 aromatic rings. The summed E-state index contributed by atoms with van der Waals surface area (Å²) >= 11 is 0. The Hall–Kier alpha value is -4.26. The van der Waals surface area contributed by atoms with Crippen molar-refractivity contribution in [3.63, 3.8) is 0 Å². The molecule has 1 N–H and O–H groups in total. The molecule has 3 aromatic heterocycles. The van der Waals surface area contributed by atoms with Crippen LogP contribution in [-0.4, -0.2) is 30.6 Å². The Morgan fingerprint density at radius 2 is 1.74 bits per heavy atom. The first-order valence-electron chi connectivity index (χ1n) is 12.0. The van der Waals surface area contributed by atoms with Crippen molar-refractivity contribution >= 4 is 16.7 Å². The number of hydrogen-bond donors (Lipinski definition) is 1. The molecule has 0 aliphatic heterocycles. The highest BCUT2D eigenvalue weighted by Crippen LogP contribution is 2.26. The zero-order valence-corrected chi connectivity index (χ0v) is 19.6. The molecule has 0 fully saturated rings. The van der Waals surface area contributed by atoms with Gasteiger partial charge in [0.05, 0.1) is 41.3 Å². The lowest BCUT2D eigenvalue weighted by Crippen LogP contribution is -2.20. The number of hydrogen-bond acceptors (Lipinski definition) is 5. The van der Waals surface area contributed by atoms with Crippen LogP contribution in [0.2, 0.25) is 0 Å². The normalized spacial score (nSPS) is 13.3. The van der Waals surface area contributed by atoms with Gasteiger partial charge < -0.3 is 9.88 Å². The monoisotopic (exact) mass is 462 g/mol. The smallest absolute Gasteiger partial charge is 0.200 e. The zero-order valence-electron chi connectivity index (χ0n) is 19.6. The molecule has 0 bridgehead atoms. The van der Waals surface area contributed by atoms with E-state index in [-0.39, 0.29) is 5.43 Å². The number of aryl methyl sites for hydroxylation is 1. The van der Waals surface area contributed by atoms with Gasteiger partial charge in [0.2, 0.25) is 5.43 Å². The van der Waals surface area contributed by atoms with Gasteiger partial charge in [-0.05, 0) is 42.5 Å². The summed E-state index contributed by atoms with van der Waals surface area (Å²) in [7, 11) is 0. The van der Waals surface area contributed by atoms with E-state index < -0.39 is 0 Å². The van der Waals surface area contributed by atoms with Crippen molar-refractivity contribution in [3.05, 3.63) is 106 Å². The van der Waals surface area contributed by atoms with Crippen molar-refractivity contribution in [2.24, 2.45) is 0 Å². The molecule has 0 spiro atoms. The molecule has 1 aliphatic rings. The van der Waals surface area contributed by atoms with Crippen LogP contribution in [-0.2, 0) is 25.9 Å². The van der Waals surface area contributed by atoms with Crippen molar-refractivity contribution in [1.82, 2.24) is 24.5 Å². The minimum atomic E-state index is -0.0628. The van der Waals surface area contributed by atoms with E-state index in [9.17, 15) is 4.79 Å². The summed E-state index contributed by atoms with van der Waals surface area (Å²) in [5.41, 5.74) is 6.63. The average molecular weight is 463 g/mol. The maximum absolute atomic E-state index is 13.7. The molecule has 0 unspecified atom stereocenters. The van der Waals surface area contributed by atoms with Crippen LogP contribution in [0.5, 0.6) is 0 Å². The maximum atomic E-state index is 13.7. The predicted octanol–water partition coefficient (Wildman–Crippen LogP) is 4.30. The van der Waals surface area contributed by atoms with E-state index in [2.05, 4.69) is 51.8 Å². The van der Waals surface area contributed by atoms with Gasteiger partial charge in [-0.15, -0.1) is 5.10 Å². The van der Waals surface area contributed by atoms with Gasteiger partial charge in [-0.2, -0.15) is 0 Å². The molecule has 35 heavy (non-hydrogen) atoms. The van der Waals surface area contributed by atoms with E-state index in [4.69, 9.17) is 0 Å². The molecule has 0 radical (unpaired) electrons. The van der Waals surface area contributed by atoms with Crippen molar-refractivity contribution < 1.29 is 0 Å². The van der Waals surface area contributed by atoms with Crippen LogP contribution < -0.4 is 10.7 Å². The molecule has 1 aliphatic carbocycles. The summed E-state index contributed by atoms with van der Waals surface area (Å²) in [6, 6.07) is 20.8. The van der Waals surface area contributed by atoms with Crippen molar-refractivity contribution in [2.75, 3.05) is 5.32 Å². The fourth-order valence-corrected chi connectivity index (χ4v) is 5.01. The third kappa shape index (κ3) is 3.99. The van der Waals surface area contributed by atoms with Crippen LogP contribution in [0.15, 0.2) is 84.0 Å². The molecular weight excluding hydrogens is 436 g/mol. The summed E-state index contributed by atoms with van der Waals surface area (Å²) in [5.74, 6) is 0. The zero-order chi connectivity index (χ0) is 23.8. The highest BCUT2D eigenvalue weighted by molar-refractivity contribution is 5.83. The standard InChI is InChI=1S/C28H26N6O/c1-2-33-18-25(26-16-30-32-34(26)17-19-8-4-3-5-9-19)27(35)24-14-23(15-29-28(24)33)31-22-12-20-10-6-7-11-21(20)13-22/h3-11,14-16,18,22,31H,2,12-13,17H2,1H3. The fourth-order valence-electron chi connectivity index (χ4n) is 5.01. The van der Waals surface area contributed by atoms with E-state index in [1.165, 1.54) is 11.1 Å². The van der Waals surface area contributed by atoms with Gasteiger partial charge in [-0.3, -0.25) is 4.79 Å². The van der Waals surface area contributed by atoms with Crippen LogP contribution in [0, 0.1) is 0 Å². The number of nitrogens with one attached hydrogen (secondary N) is 1. The van der Waals surface area contributed by atoms with Crippen molar-refractivity contribution in [3.8, 4) is 11.3 Å². The Kier molecular flexibility index (Phi) is 5.37. The average Bonchev–Trinajstić information content (AvgIpc) is 3.51. The topological polar surface area (TPSA) is 77.6 Å². The first kappa shape index (κ1) is 21.3. The molecular formula is C28H26N6O. The van der Waals surface area contributed by atoms with Gasteiger partial charge in [0.15, 0.2) is 0 Å². The number of pyridine rings is 2. The second kappa shape index (κ2) is 8.83. The second-order valence-electron chi connectivity index (χ2n) is 9.03. The Balaban J connectivity index is 1.37. The number of nitrogens with zero attached hydrogens (tertiary/aromatic N) is 5. The van der Waals surface area contributed by atoms with Gasteiger partial charge in [-0.1, -0.05) is 59.8 Å². The fraction of sp³-hybridized carbons (Fsp3) is 0.214. The van der Waals surface area contributed by atoms with E-state index in [1.807, 2.05) is 53.4 Å². The molecule has 2 aromatic carbocycles. The lowest BCUT2D eigenvalue weighted by atomic mass is 10.1. The predicted molar refractivity (Wildman–Crippen MR) is 137 cm³/mol. The number of rotatable bonds is 6. The van der Waals surface area contributed by atoms with Crippen LogP contribution in [0.4, 0.5) is 5.69 Å². The highest BCUT2D eigenvalue weighted by Gasteiger charge is 2.22.